The summed E-state index contributed by atoms with van der Waals surface area (Å²) in [5.74, 6) is 0.752. The van der Waals surface area contributed by atoms with Crippen molar-refractivity contribution in [2.45, 2.75) is 32.9 Å². The molecule has 36 heavy (non-hydrogen) atoms. The van der Waals surface area contributed by atoms with Crippen LogP contribution >= 0.6 is 0 Å². The Balaban J connectivity index is 1.68. The third-order valence-electron chi connectivity index (χ3n) is 6.04. The summed E-state index contributed by atoms with van der Waals surface area (Å²) in [4.78, 5) is 40.7. The van der Waals surface area contributed by atoms with Crippen LogP contribution in [-0.2, 0) is 22.6 Å². The maximum atomic E-state index is 12.8. The van der Waals surface area contributed by atoms with Crippen molar-refractivity contribution in [1.29, 1.82) is 0 Å². The van der Waals surface area contributed by atoms with Crippen LogP contribution in [0.3, 0.4) is 0 Å². The maximum absolute atomic E-state index is 12.8. The number of carbonyl (C=O) groups excluding carboxylic acids is 2. The first kappa shape index (κ1) is 24.8. The highest BCUT2D eigenvalue weighted by Gasteiger charge is 2.29. The van der Waals surface area contributed by atoms with Gasteiger partial charge in [0.05, 0.1) is 19.3 Å². The highest BCUT2D eigenvalue weighted by molar-refractivity contribution is 5.83. The Labute approximate surface area is 210 Å². The molecule has 4 aromatic rings. The van der Waals surface area contributed by atoms with E-state index in [0.717, 1.165) is 22.0 Å². The van der Waals surface area contributed by atoms with Crippen molar-refractivity contribution in [2.24, 2.45) is 0 Å². The summed E-state index contributed by atoms with van der Waals surface area (Å²) in [5, 5.41) is 2.41. The first-order valence-electron chi connectivity index (χ1n) is 11.8. The number of carbonyl (C=O) groups is 2. The molecule has 0 aliphatic heterocycles. The number of aromatic amines is 1. The van der Waals surface area contributed by atoms with Gasteiger partial charge in [-0.1, -0.05) is 36.4 Å². The summed E-state index contributed by atoms with van der Waals surface area (Å²) in [6.45, 7) is 3.57. The van der Waals surface area contributed by atoms with Gasteiger partial charge < -0.3 is 19.5 Å². The zero-order chi connectivity index (χ0) is 25.5. The van der Waals surface area contributed by atoms with Crippen LogP contribution in [0.25, 0.3) is 10.9 Å². The van der Waals surface area contributed by atoms with Gasteiger partial charge in [-0.05, 0) is 29.8 Å². The highest BCUT2D eigenvalue weighted by Crippen LogP contribution is 2.24. The molecule has 2 amide bonds. The summed E-state index contributed by atoms with van der Waals surface area (Å²) in [6, 6.07) is 18.6. The van der Waals surface area contributed by atoms with Crippen molar-refractivity contribution in [2.75, 3.05) is 13.7 Å². The number of hydrogen-bond acceptors (Lipinski definition) is 5. The molecule has 0 fully saturated rings. The van der Waals surface area contributed by atoms with Crippen molar-refractivity contribution in [1.82, 2.24) is 19.9 Å². The van der Waals surface area contributed by atoms with Crippen molar-refractivity contribution in [3.05, 3.63) is 90.4 Å². The number of fused-ring (bicyclic) bond motifs is 1. The molecule has 0 aliphatic rings. The van der Waals surface area contributed by atoms with Crippen molar-refractivity contribution < 1.29 is 19.2 Å². The topological polar surface area (TPSA) is 87.8 Å². The summed E-state index contributed by atoms with van der Waals surface area (Å²) in [7, 11) is 1.61. The number of nitrogens with one attached hydrogen (secondary N) is 1. The number of hydrogen-bond donors (Lipinski definition) is 1. The van der Waals surface area contributed by atoms with Gasteiger partial charge in [-0.2, -0.15) is 5.06 Å². The SMILES string of the molecule is COc1ccccc1CN(CC(Cc1c[nH]c2ccccc12)N(Oc1cccnc1)C(C)=O)C(C)=O. The summed E-state index contributed by atoms with van der Waals surface area (Å²) in [5.41, 5.74) is 2.91. The van der Waals surface area contributed by atoms with Gasteiger partial charge in [0, 0.05) is 62.2 Å². The third-order valence-corrected chi connectivity index (χ3v) is 6.04. The van der Waals surface area contributed by atoms with Crippen LogP contribution in [0.5, 0.6) is 11.5 Å². The normalized spacial score (nSPS) is 11.6. The molecule has 8 heteroatoms. The number of H-pyrrole nitrogens is 1. The number of ether oxygens (including phenoxy) is 1. The lowest BCUT2D eigenvalue weighted by Gasteiger charge is -2.34. The molecular formula is C28H30N4O4. The molecule has 1 atom stereocenters. The minimum absolute atomic E-state index is 0.116. The van der Waals surface area contributed by atoms with E-state index in [1.165, 1.54) is 18.9 Å². The van der Waals surface area contributed by atoms with Crippen LogP contribution in [0.15, 0.2) is 79.3 Å². The summed E-state index contributed by atoms with van der Waals surface area (Å²) in [6.07, 6.45) is 5.60. The molecule has 0 saturated carbocycles. The Kier molecular flexibility index (Phi) is 7.85. The van der Waals surface area contributed by atoms with E-state index in [9.17, 15) is 9.59 Å². The molecule has 2 heterocycles. The Morgan fingerprint density at radius 3 is 2.47 bits per heavy atom. The minimum atomic E-state index is -0.472. The lowest BCUT2D eigenvalue weighted by molar-refractivity contribution is -0.166. The third kappa shape index (κ3) is 5.83. The van der Waals surface area contributed by atoms with Gasteiger partial charge in [-0.25, -0.2) is 0 Å². The maximum Gasteiger partial charge on any atom is 0.252 e. The molecule has 1 N–H and O–H groups in total. The first-order valence-corrected chi connectivity index (χ1v) is 11.8. The number of aromatic nitrogens is 2. The van der Waals surface area contributed by atoms with Gasteiger partial charge in [0.15, 0.2) is 5.75 Å². The van der Waals surface area contributed by atoms with E-state index in [2.05, 4.69) is 9.97 Å². The van der Waals surface area contributed by atoms with E-state index < -0.39 is 6.04 Å². The van der Waals surface area contributed by atoms with Crippen LogP contribution < -0.4 is 9.57 Å². The molecule has 0 aliphatic carbocycles. The van der Waals surface area contributed by atoms with E-state index >= 15 is 0 Å². The number of methoxy groups -OCH3 is 1. The average molecular weight is 487 g/mol. The van der Waals surface area contributed by atoms with Crippen LogP contribution in [0, 0.1) is 0 Å². The van der Waals surface area contributed by atoms with Gasteiger partial charge in [0.1, 0.15) is 5.75 Å². The van der Waals surface area contributed by atoms with Gasteiger partial charge in [0.25, 0.3) is 5.91 Å². The second kappa shape index (κ2) is 11.4. The summed E-state index contributed by atoms with van der Waals surface area (Å²) >= 11 is 0. The number of amides is 2. The fraction of sp³-hybridized carbons (Fsp3) is 0.250. The minimum Gasteiger partial charge on any atom is -0.496 e. The van der Waals surface area contributed by atoms with Gasteiger partial charge in [0.2, 0.25) is 5.91 Å². The zero-order valence-electron chi connectivity index (χ0n) is 20.7. The first-order chi connectivity index (χ1) is 17.5. The van der Waals surface area contributed by atoms with Crippen LogP contribution in [0.1, 0.15) is 25.0 Å². The van der Waals surface area contributed by atoms with Crippen LogP contribution in [0.4, 0.5) is 0 Å². The Morgan fingerprint density at radius 1 is 0.972 bits per heavy atom. The average Bonchev–Trinajstić information content (AvgIpc) is 3.30. The smallest absolute Gasteiger partial charge is 0.252 e. The number of benzene rings is 2. The fourth-order valence-corrected chi connectivity index (χ4v) is 4.28. The van der Waals surface area contributed by atoms with E-state index in [1.54, 1.807) is 36.5 Å². The Bertz CT molecular complexity index is 1320. The van der Waals surface area contributed by atoms with E-state index in [1.807, 2.05) is 54.7 Å². The van der Waals surface area contributed by atoms with Crippen molar-refractivity contribution in [3.8, 4) is 11.5 Å². The molecule has 1 unspecified atom stereocenters. The molecule has 0 bridgehead atoms. The highest BCUT2D eigenvalue weighted by atomic mass is 16.7. The predicted molar refractivity (Wildman–Crippen MR) is 137 cm³/mol. The second-order valence-electron chi connectivity index (χ2n) is 8.55. The largest absolute Gasteiger partial charge is 0.496 e. The number of nitrogens with zero attached hydrogens (tertiary/aromatic N) is 3. The number of rotatable bonds is 10. The molecular weight excluding hydrogens is 456 g/mol. The van der Waals surface area contributed by atoms with E-state index in [0.29, 0.717) is 24.5 Å². The lowest BCUT2D eigenvalue weighted by atomic mass is 10.0. The van der Waals surface area contributed by atoms with Crippen LogP contribution in [-0.4, -0.2) is 51.4 Å². The number of pyridine rings is 1. The van der Waals surface area contributed by atoms with Crippen LogP contribution in [0.2, 0.25) is 0 Å². The molecule has 0 spiro atoms. The van der Waals surface area contributed by atoms with E-state index in [4.69, 9.17) is 9.57 Å². The number of hydroxylamine groups is 2. The molecule has 2 aromatic heterocycles. The fourth-order valence-electron chi connectivity index (χ4n) is 4.28. The van der Waals surface area contributed by atoms with E-state index in [-0.39, 0.29) is 18.4 Å². The molecule has 186 valence electrons. The summed E-state index contributed by atoms with van der Waals surface area (Å²) < 4.78 is 5.49. The Hall–Kier alpha value is -4.33. The molecule has 4 rings (SSSR count). The van der Waals surface area contributed by atoms with Gasteiger partial charge in [-0.15, -0.1) is 0 Å². The van der Waals surface area contributed by atoms with Crippen molar-refractivity contribution in [3.63, 3.8) is 0 Å². The molecule has 8 nitrogen and oxygen atoms in total. The second-order valence-corrected chi connectivity index (χ2v) is 8.55. The molecule has 0 radical (unpaired) electrons. The molecule has 2 aromatic carbocycles. The standard InChI is InChI=1S/C28H30N4O4/c1-20(33)31(18-22-9-4-7-13-28(22)35-3)19-24(15-23-16-30-27-12-6-5-11-26(23)27)32(21(2)34)36-25-10-8-14-29-17-25/h4-14,16-17,24,30H,15,18-19H2,1-3H3. The predicted octanol–water partition coefficient (Wildman–Crippen LogP) is 4.37. The van der Waals surface area contributed by atoms with Crippen molar-refractivity contribution >= 4 is 22.7 Å². The lowest BCUT2D eigenvalue weighted by Crippen LogP contribution is -2.50. The molecule has 0 saturated heterocycles. The van der Waals surface area contributed by atoms with Gasteiger partial charge >= 0.3 is 0 Å². The monoisotopic (exact) mass is 486 g/mol. The zero-order valence-corrected chi connectivity index (χ0v) is 20.7. The quantitative estimate of drug-likeness (QED) is 0.336. The van der Waals surface area contributed by atoms with Gasteiger partial charge in [-0.3, -0.25) is 14.6 Å². The number of para-hydroxylation sites is 2. The Morgan fingerprint density at radius 2 is 1.75 bits per heavy atom.